The molecule has 0 aliphatic rings. The van der Waals surface area contributed by atoms with Gasteiger partial charge in [-0.25, -0.2) is 0 Å². The zero-order valence-electron chi connectivity index (χ0n) is 27.7. The highest BCUT2D eigenvalue weighted by Crippen LogP contribution is 2.28. The van der Waals surface area contributed by atoms with Crippen LogP contribution in [0.4, 0.5) is 0 Å². The third kappa shape index (κ3) is 23.2. The summed E-state index contributed by atoms with van der Waals surface area (Å²) in [5, 5.41) is -0.130. The average Bonchev–Trinajstić information content (AvgIpc) is 2.97. The molecule has 4 heteroatoms. The smallest absolute Gasteiger partial charge is 0.320 e. The van der Waals surface area contributed by atoms with E-state index in [1.807, 2.05) is 44.1 Å². The largest absolute Gasteiger partial charge is 0.446 e. The van der Waals surface area contributed by atoms with E-state index in [1.165, 1.54) is 141 Å². The molecule has 2 unspecified atom stereocenters. The van der Waals surface area contributed by atoms with Crippen molar-refractivity contribution in [3.8, 4) is 0 Å². The van der Waals surface area contributed by atoms with Gasteiger partial charge in [0.1, 0.15) is 5.25 Å². The molecule has 0 saturated carbocycles. The van der Waals surface area contributed by atoms with Crippen LogP contribution in [0.1, 0.15) is 168 Å². The van der Waals surface area contributed by atoms with Gasteiger partial charge in [0.25, 0.3) is 0 Å². The van der Waals surface area contributed by atoms with Gasteiger partial charge in [-0.15, -0.1) is 11.8 Å². The molecule has 238 valence electrons. The normalized spacial score (nSPS) is 13.0. The molecule has 0 heterocycles. The Morgan fingerprint density at radius 1 is 0.634 bits per heavy atom. The Hall–Kier alpha value is -1.00. The molecule has 1 aromatic rings. The molecule has 0 aliphatic heterocycles. The van der Waals surface area contributed by atoms with Crippen molar-refractivity contribution in [2.24, 2.45) is 0 Å². The summed E-state index contributed by atoms with van der Waals surface area (Å²) >= 11 is 1.65. The van der Waals surface area contributed by atoms with Crippen LogP contribution >= 0.6 is 11.8 Å². The zero-order chi connectivity index (χ0) is 29.8. The predicted octanol–water partition coefficient (Wildman–Crippen LogP) is 12.0. The maximum atomic E-state index is 12.8. The Labute approximate surface area is 260 Å². The van der Waals surface area contributed by atoms with E-state index in [9.17, 15) is 4.79 Å². The Kier molecular flexibility index (Phi) is 25.8. The first kappa shape index (κ1) is 38.0. The number of ether oxygens (including phenoxy) is 1. The summed E-state index contributed by atoms with van der Waals surface area (Å²) in [6.07, 6.45) is 32.9. The highest BCUT2D eigenvalue weighted by atomic mass is 32.2. The summed E-state index contributed by atoms with van der Waals surface area (Å²) in [7, 11) is 3.88. The monoisotopic (exact) mass is 589 g/mol. The van der Waals surface area contributed by atoms with Crippen molar-refractivity contribution < 1.29 is 9.53 Å². The number of carbonyl (C=O) groups excluding carboxylic acids is 1. The summed E-state index contributed by atoms with van der Waals surface area (Å²) in [4.78, 5) is 15.9. The Balaban J connectivity index is 1.94. The van der Waals surface area contributed by atoms with Gasteiger partial charge in [0, 0.05) is 4.90 Å². The van der Waals surface area contributed by atoms with Gasteiger partial charge in [-0.1, -0.05) is 173 Å². The number of hydrogen-bond donors (Lipinski definition) is 0. The lowest BCUT2D eigenvalue weighted by Gasteiger charge is -2.23. The van der Waals surface area contributed by atoms with Gasteiger partial charge < -0.3 is 4.74 Å². The highest BCUT2D eigenvalue weighted by Gasteiger charge is 2.23. The van der Waals surface area contributed by atoms with E-state index in [0.29, 0.717) is 0 Å². The third-order valence-corrected chi connectivity index (χ3v) is 9.63. The fourth-order valence-corrected chi connectivity index (χ4v) is 6.43. The molecule has 0 N–H and O–H groups in total. The predicted molar refractivity (Wildman–Crippen MR) is 182 cm³/mol. The summed E-state index contributed by atoms with van der Waals surface area (Å²) < 4.78 is 5.72. The molecule has 2 atom stereocenters. The molecule has 0 amide bonds. The van der Waals surface area contributed by atoms with Crippen LogP contribution in [0.15, 0.2) is 35.2 Å². The van der Waals surface area contributed by atoms with Crippen LogP contribution in [0.2, 0.25) is 0 Å². The van der Waals surface area contributed by atoms with Crippen molar-refractivity contribution in [2.75, 3.05) is 14.1 Å². The Morgan fingerprint density at radius 3 is 1.37 bits per heavy atom. The SMILES string of the molecule is CCCCCCCCCCCCCCCCCCCCCCCCCC(Sc1ccccc1)C(=O)OC(C)N(C)C. The zero-order valence-corrected chi connectivity index (χ0v) is 28.5. The minimum atomic E-state index is -0.198. The van der Waals surface area contributed by atoms with E-state index in [1.54, 1.807) is 11.8 Å². The molecule has 0 spiro atoms. The Bertz CT molecular complexity index is 695. The number of esters is 1. The second-order valence-electron chi connectivity index (χ2n) is 12.5. The number of nitrogens with zero attached hydrogens (tertiary/aromatic N) is 1. The van der Waals surface area contributed by atoms with E-state index in [2.05, 4.69) is 19.1 Å². The number of carbonyl (C=O) groups is 1. The summed E-state index contributed by atoms with van der Waals surface area (Å²) in [6.45, 7) is 4.23. The minimum Gasteiger partial charge on any atom is -0.446 e. The molecule has 0 radical (unpaired) electrons. The summed E-state index contributed by atoms with van der Waals surface area (Å²) in [5.74, 6) is -0.0844. The van der Waals surface area contributed by atoms with Crippen LogP contribution in [-0.2, 0) is 9.53 Å². The van der Waals surface area contributed by atoms with Crippen LogP contribution in [0, 0.1) is 0 Å². The van der Waals surface area contributed by atoms with Gasteiger partial charge in [-0.3, -0.25) is 9.69 Å². The fraction of sp³-hybridized carbons (Fsp3) is 0.811. The third-order valence-electron chi connectivity index (χ3n) is 8.37. The molecule has 0 aromatic heterocycles. The van der Waals surface area contributed by atoms with E-state index < -0.39 is 0 Å². The number of thioether (sulfide) groups is 1. The van der Waals surface area contributed by atoms with E-state index >= 15 is 0 Å². The second kappa shape index (κ2) is 27.8. The highest BCUT2D eigenvalue weighted by molar-refractivity contribution is 8.00. The topological polar surface area (TPSA) is 29.5 Å². The van der Waals surface area contributed by atoms with Crippen LogP contribution in [0.5, 0.6) is 0 Å². The molecule has 1 aromatic carbocycles. The quantitative estimate of drug-likeness (QED) is 0.0402. The number of benzene rings is 1. The Morgan fingerprint density at radius 2 is 1.00 bits per heavy atom. The number of rotatable bonds is 29. The summed E-state index contributed by atoms with van der Waals surface area (Å²) in [5.41, 5.74) is 0. The van der Waals surface area contributed by atoms with Crippen LogP contribution in [0.25, 0.3) is 0 Å². The lowest BCUT2D eigenvalue weighted by atomic mass is 10.0. The van der Waals surface area contributed by atoms with Gasteiger partial charge >= 0.3 is 5.97 Å². The van der Waals surface area contributed by atoms with Crippen molar-refractivity contribution >= 4 is 17.7 Å². The van der Waals surface area contributed by atoms with E-state index in [-0.39, 0.29) is 17.4 Å². The van der Waals surface area contributed by atoms with Crippen molar-refractivity contribution in [3.63, 3.8) is 0 Å². The maximum Gasteiger partial charge on any atom is 0.320 e. The number of unbranched alkanes of at least 4 members (excludes halogenated alkanes) is 22. The van der Waals surface area contributed by atoms with Crippen LogP contribution < -0.4 is 0 Å². The van der Waals surface area contributed by atoms with Crippen LogP contribution in [0.3, 0.4) is 0 Å². The standard InChI is InChI=1S/C37H67NO2S/c1-5-6-7-8-9-10-11-12-13-14-15-16-17-18-19-20-21-22-23-24-25-26-30-33-36(37(39)40-34(2)38(3)4)41-35-31-28-27-29-32-35/h27-29,31-32,34,36H,5-26,30,33H2,1-4H3. The molecular weight excluding hydrogens is 522 g/mol. The maximum absolute atomic E-state index is 12.8. The van der Waals surface area contributed by atoms with Crippen molar-refractivity contribution in [1.82, 2.24) is 4.90 Å². The van der Waals surface area contributed by atoms with Crippen molar-refractivity contribution in [3.05, 3.63) is 30.3 Å². The van der Waals surface area contributed by atoms with E-state index in [0.717, 1.165) is 17.7 Å². The van der Waals surface area contributed by atoms with Gasteiger partial charge in [-0.2, -0.15) is 0 Å². The molecule has 3 nitrogen and oxygen atoms in total. The first-order valence-electron chi connectivity index (χ1n) is 17.6. The van der Waals surface area contributed by atoms with Gasteiger partial charge in [0.2, 0.25) is 0 Å². The first-order chi connectivity index (χ1) is 20.0. The van der Waals surface area contributed by atoms with Gasteiger partial charge in [0.05, 0.1) is 0 Å². The molecule has 41 heavy (non-hydrogen) atoms. The molecule has 0 bridgehead atoms. The lowest BCUT2D eigenvalue weighted by Crippen LogP contribution is -2.33. The van der Waals surface area contributed by atoms with Crippen molar-refractivity contribution in [1.29, 1.82) is 0 Å². The summed E-state index contributed by atoms with van der Waals surface area (Å²) in [6, 6.07) is 10.3. The lowest BCUT2D eigenvalue weighted by molar-refractivity contribution is -0.154. The average molecular weight is 590 g/mol. The van der Waals surface area contributed by atoms with Gasteiger partial charge in [-0.05, 0) is 39.6 Å². The second-order valence-corrected chi connectivity index (χ2v) is 13.8. The molecular formula is C37H67NO2S. The van der Waals surface area contributed by atoms with E-state index in [4.69, 9.17) is 4.74 Å². The van der Waals surface area contributed by atoms with Gasteiger partial charge in [0.15, 0.2) is 6.23 Å². The molecule has 0 aliphatic carbocycles. The number of hydrogen-bond acceptors (Lipinski definition) is 4. The molecule has 0 saturated heterocycles. The molecule has 0 fully saturated rings. The van der Waals surface area contributed by atoms with Crippen LogP contribution in [-0.4, -0.2) is 36.4 Å². The molecule has 1 rings (SSSR count). The fourth-order valence-electron chi connectivity index (χ4n) is 5.35. The minimum absolute atomic E-state index is 0.0844. The van der Waals surface area contributed by atoms with Crippen molar-refractivity contribution in [2.45, 2.75) is 184 Å². The first-order valence-corrected chi connectivity index (χ1v) is 18.5.